The number of hydrogen-bond donors (Lipinski definition) is 0. The first-order valence-electron chi connectivity index (χ1n) is 6.71. The molecule has 2 rings (SSSR count). The quantitative estimate of drug-likeness (QED) is 0.755. The van der Waals surface area contributed by atoms with E-state index in [1.54, 1.807) is 0 Å². The number of nitrogens with zero attached hydrogens (tertiary/aromatic N) is 2. The summed E-state index contributed by atoms with van der Waals surface area (Å²) in [6.45, 7) is 7.75. The standard InChI is InChI=1S/C14H24N2/c1-11(2)14-9-12(3)16(15-14)10-13-7-5-4-6-8-13/h9,11,13H,4-8,10H2,1-3H3. The van der Waals surface area contributed by atoms with Crippen LogP contribution in [0.3, 0.4) is 0 Å². The van der Waals surface area contributed by atoms with Gasteiger partial charge in [-0.2, -0.15) is 5.10 Å². The summed E-state index contributed by atoms with van der Waals surface area (Å²) < 4.78 is 2.23. The van der Waals surface area contributed by atoms with Gasteiger partial charge in [-0.25, -0.2) is 0 Å². The molecular weight excluding hydrogens is 196 g/mol. The van der Waals surface area contributed by atoms with Gasteiger partial charge in [0, 0.05) is 12.2 Å². The van der Waals surface area contributed by atoms with Crippen LogP contribution in [-0.4, -0.2) is 9.78 Å². The molecule has 1 aliphatic carbocycles. The highest BCUT2D eigenvalue weighted by atomic mass is 15.3. The molecule has 0 saturated heterocycles. The topological polar surface area (TPSA) is 17.8 Å². The second-order valence-corrected chi connectivity index (χ2v) is 5.55. The van der Waals surface area contributed by atoms with Gasteiger partial charge in [0.2, 0.25) is 0 Å². The lowest BCUT2D eigenvalue weighted by atomic mass is 9.89. The lowest BCUT2D eigenvalue weighted by Gasteiger charge is -2.21. The molecule has 0 atom stereocenters. The second-order valence-electron chi connectivity index (χ2n) is 5.55. The first kappa shape index (κ1) is 11.7. The molecule has 0 bridgehead atoms. The average molecular weight is 220 g/mol. The van der Waals surface area contributed by atoms with Gasteiger partial charge in [0.15, 0.2) is 0 Å². The predicted octanol–water partition coefficient (Wildman–Crippen LogP) is 3.90. The van der Waals surface area contributed by atoms with Gasteiger partial charge < -0.3 is 0 Å². The van der Waals surface area contributed by atoms with E-state index in [0.29, 0.717) is 5.92 Å². The maximum Gasteiger partial charge on any atom is 0.0652 e. The molecule has 2 nitrogen and oxygen atoms in total. The summed E-state index contributed by atoms with van der Waals surface area (Å²) in [5, 5.41) is 4.72. The fraction of sp³-hybridized carbons (Fsp3) is 0.786. The van der Waals surface area contributed by atoms with Gasteiger partial charge in [0.25, 0.3) is 0 Å². The van der Waals surface area contributed by atoms with Crippen molar-refractivity contribution in [2.45, 2.75) is 65.3 Å². The van der Waals surface area contributed by atoms with E-state index in [4.69, 9.17) is 5.10 Å². The SMILES string of the molecule is Cc1cc(C(C)C)nn1CC1CCCCC1. The van der Waals surface area contributed by atoms with Gasteiger partial charge in [-0.05, 0) is 37.7 Å². The Morgan fingerprint density at radius 1 is 1.31 bits per heavy atom. The Kier molecular flexibility index (Phi) is 3.67. The molecule has 2 heteroatoms. The summed E-state index contributed by atoms with van der Waals surface area (Å²) in [6, 6.07) is 2.24. The number of hydrogen-bond acceptors (Lipinski definition) is 1. The predicted molar refractivity (Wildman–Crippen MR) is 67.6 cm³/mol. The van der Waals surface area contributed by atoms with Crippen molar-refractivity contribution in [2.24, 2.45) is 5.92 Å². The average Bonchev–Trinajstić information content (AvgIpc) is 2.62. The van der Waals surface area contributed by atoms with Crippen LogP contribution in [0, 0.1) is 12.8 Å². The van der Waals surface area contributed by atoms with Crippen LogP contribution in [0.25, 0.3) is 0 Å². The smallest absolute Gasteiger partial charge is 0.0652 e. The minimum Gasteiger partial charge on any atom is -0.269 e. The molecule has 0 spiro atoms. The Balaban J connectivity index is 2.02. The molecular formula is C14H24N2. The van der Waals surface area contributed by atoms with Crippen LogP contribution in [0.4, 0.5) is 0 Å². The van der Waals surface area contributed by atoms with Crippen LogP contribution < -0.4 is 0 Å². The van der Waals surface area contributed by atoms with E-state index in [0.717, 1.165) is 12.5 Å². The fourth-order valence-electron chi connectivity index (χ4n) is 2.62. The Bertz CT molecular complexity index is 333. The molecule has 16 heavy (non-hydrogen) atoms. The van der Waals surface area contributed by atoms with E-state index >= 15 is 0 Å². The van der Waals surface area contributed by atoms with E-state index in [1.807, 2.05) is 0 Å². The van der Waals surface area contributed by atoms with E-state index < -0.39 is 0 Å². The summed E-state index contributed by atoms with van der Waals surface area (Å²) in [5.74, 6) is 1.42. The summed E-state index contributed by atoms with van der Waals surface area (Å²) in [7, 11) is 0. The zero-order valence-electron chi connectivity index (χ0n) is 10.9. The molecule has 1 fully saturated rings. The molecule has 0 amide bonds. The minimum atomic E-state index is 0.548. The van der Waals surface area contributed by atoms with Gasteiger partial charge in [0.1, 0.15) is 0 Å². The molecule has 0 aliphatic heterocycles. The summed E-state index contributed by atoms with van der Waals surface area (Å²) in [4.78, 5) is 0. The van der Waals surface area contributed by atoms with Gasteiger partial charge >= 0.3 is 0 Å². The van der Waals surface area contributed by atoms with Crippen molar-refractivity contribution < 1.29 is 0 Å². The zero-order valence-corrected chi connectivity index (χ0v) is 10.9. The molecule has 1 aromatic rings. The second kappa shape index (κ2) is 5.03. The van der Waals surface area contributed by atoms with E-state index in [1.165, 1.54) is 43.5 Å². The third-order valence-corrected chi connectivity index (χ3v) is 3.75. The summed E-state index contributed by atoms with van der Waals surface area (Å²) >= 11 is 0. The third kappa shape index (κ3) is 2.66. The highest BCUT2D eigenvalue weighted by molar-refractivity contribution is 5.12. The maximum absolute atomic E-state index is 4.72. The van der Waals surface area contributed by atoms with Crippen molar-refractivity contribution >= 4 is 0 Å². The van der Waals surface area contributed by atoms with Crippen molar-refractivity contribution in [3.63, 3.8) is 0 Å². The van der Waals surface area contributed by atoms with Crippen molar-refractivity contribution in [1.29, 1.82) is 0 Å². The normalized spacial score (nSPS) is 18.2. The first-order valence-corrected chi connectivity index (χ1v) is 6.71. The van der Waals surface area contributed by atoms with Gasteiger partial charge in [-0.15, -0.1) is 0 Å². The van der Waals surface area contributed by atoms with Crippen LogP contribution >= 0.6 is 0 Å². The number of aromatic nitrogens is 2. The monoisotopic (exact) mass is 220 g/mol. The molecule has 1 saturated carbocycles. The van der Waals surface area contributed by atoms with Gasteiger partial charge in [-0.1, -0.05) is 33.1 Å². The van der Waals surface area contributed by atoms with Crippen molar-refractivity contribution in [2.75, 3.05) is 0 Å². The maximum atomic E-state index is 4.72. The fourth-order valence-corrected chi connectivity index (χ4v) is 2.62. The van der Waals surface area contributed by atoms with Gasteiger partial charge in [-0.3, -0.25) is 4.68 Å². The minimum absolute atomic E-state index is 0.548. The molecule has 90 valence electrons. The largest absolute Gasteiger partial charge is 0.269 e. The molecule has 0 aromatic carbocycles. The van der Waals surface area contributed by atoms with E-state index in [2.05, 4.69) is 31.5 Å². The van der Waals surface area contributed by atoms with Crippen LogP contribution in [0.5, 0.6) is 0 Å². The third-order valence-electron chi connectivity index (χ3n) is 3.75. The van der Waals surface area contributed by atoms with Crippen molar-refractivity contribution in [1.82, 2.24) is 9.78 Å². The summed E-state index contributed by atoms with van der Waals surface area (Å²) in [5.41, 5.74) is 2.57. The van der Waals surface area contributed by atoms with Crippen LogP contribution in [-0.2, 0) is 6.54 Å². The van der Waals surface area contributed by atoms with E-state index in [9.17, 15) is 0 Å². The highest BCUT2D eigenvalue weighted by Crippen LogP contribution is 2.25. The molecule has 1 aromatic heterocycles. The van der Waals surface area contributed by atoms with Crippen LogP contribution in [0.15, 0.2) is 6.07 Å². The van der Waals surface area contributed by atoms with Gasteiger partial charge in [0.05, 0.1) is 5.69 Å². The van der Waals surface area contributed by atoms with Crippen molar-refractivity contribution in [3.05, 3.63) is 17.5 Å². The molecule has 0 N–H and O–H groups in total. The van der Waals surface area contributed by atoms with Crippen LogP contribution in [0.2, 0.25) is 0 Å². The molecule has 0 radical (unpaired) electrons. The zero-order chi connectivity index (χ0) is 11.5. The first-order chi connectivity index (χ1) is 7.66. The Morgan fingerprint density at radius 3 is 2.56 bits per heavy atom. The lowest BCUT2D eigenvalue weighted by Crippen LogP contribution is -2.16. The Labute approximate surface area is 99.0 Å². The molecule has 1 heterocycles. The Hall–Kier alpha value is -0.790. The molecule has 0 unspecified atom stereocenters. The summed E-state index contributed by atoms with van der Waals surface area (Å²) in [6.07, 6.45) is 7.07. The number of rotatable bonds is 3. The highest BCUT2D eigenvalue weighted by Gasteiger charge is 2.16. The van der Waals surface area contributed by atoms with E-state index in [-0.39, 0.29) is 0 Å². The Morgan fingerprint density at radius 2 is 2.00 bits per heavy atom. The lowest BCUT2D eigenvalue weighted by molar-refractivity contribution is 0.305. The molecule has 1 aliphatic rings. The number of aryl methyl sites for hydroxylation is 1. The van der Waals surface area contributed by atoms with Crippen LogP contribution in [0.1, 0.15) is 63.3 Å². The van der Waals surface area contributed by atoms with Crippen molar-refractivity contribution in [3.8, 4) is 0 Å².